The molecule has 4 heteroatoms. The van der Waals surface area contributed by atoms with Gasteiger partial charge in [0.2, 0.25) is 0 Å². The van der Waals surface area contributed by atoms with Crippen LogP contribution in [0, 0.1) is 6.92 Å². The summed E-state index contributed by atoms with van der Waals surface area (Å²) >= 11 is 3.64. The normalized spacial score (nSPS) is 12.1. The van der Waals surface area contributed by atoms with Gasteiger partial charge < -0.3 is 15.5 Å². The molecule has 1 aromatic carbocycles. The first-order valence-electron chi connectivity index (χ1n) is 5.50. The number of aromatic nitrogens is 1. The van der Waals surface area contributed by atoms with E-state index in [0.29, 0.717) is 0 Å². The SMILES string of the molecule is COc1ccc(C)c2c(Br)c(C(C)(C)N)[nH]c12. The number of aryl methyl sites for hydroxylation is 1. The molecule has 3 N–H and O–H groups in total. The van der Waals surface area contributed by atoms with Gasteiger partial charge in [-0.25, -0.2) is 0 Å². The largest absolute Gasteiger partial charge is 0.495 e. The third-order valence-corrected chi connectivity index (χ3v) is 3.72. The first kappa shape index (κ1) is 12.5. The Morgan fingerprint density at radius 3 is 2.53 bits per heavy atom. The molecule has 0 aliphatic carbocycles. The topological polar surface area (TPSA) is 51.0 Å². The van der Waals surface area contributed by atoms with Crippen molar-refractivity contribution < 1.29 is 4.74 Å². The van der Waals surface area contributed by atoms with Gasteiger partial charge in [-0.1, -0.05) is 6.07 Å². The zero-order chi connectivity index (χ0) is 12.8. The lowest BCUT2D eigenvalue weighted by Crippen LogP contribution is -2.29. The fourth-order valence-electron chi connectivity index (χ4n) is 2.01. The Bertz CT molecular complexity index is 567. The summed E-state index contributed by atoms with van der Waals surface area (Å²) < 4.78 is 6.40. The zero-order valence-corrected chi connectivity index (χ0v) is 12.1. The Kier molecular flexibility index (Phi) is 2.96. The Balaban J connectivity index is 2.85. The highest BCUT2D eigenvalue weighted by atomic mass is 79.9. The summed E-state index contributed by atoms with van der Waals surface area (Å²) in [6.45, 7) is 6.03. The van der Waals surface area contributed by atoms with Gasteiger partial charge >= 0.3 is 0 Å². The van der Waals surface area contributed by atoms with Crippen LogP contribution in [-0.2, 0) is 5.54 Å². The van der Waals surface area contributed by atoms with E-state index in [0.717, 1.165) is 26.8 Å². The second-order valence-electron chi connectivity index (χ2n) is 4.87. The van der Waals surface area contributed by atoms with E-state index >= 15 is 0 Å². The summed E-state index contributed by atoms with van der Waals surface area (Å²) in [6.07, 6.45) is 0. The minimum atomic E-state index is -0.421. The fourth-order valence-corrected chi connectivity index (χ4v) is 3.13. The second-order valence-corrected chi connectivity index (χ2v) is 5.66. The number of rotatable bonds is 2. The van der Waals surface area contributed by atoms with Gasteiger partial charge in [0.1, 0.15) is 5.75 Å². The lowest BCUT2D eigenvalue weighted by Gasteiger charge is -2.17. The number of ether oxygens (including phenoxy) is 1. The summed E-state index contributed by atoms with van der Waals surface area (Å²) in [5.41, 5.74) is 8.91. The number of nitrogens with two attached hydrogens (primary N) is 1. The molecule has 0 spiro atoms. The maximum Gasteiger partial charge on any atom is 0.142 e. The van der Waals surface area contributed by atoms with Crippen LogP contribution in [0.25, 0.3) is 10.9 Å². The number of hydrogen-bond donors (Lipinski definition) is 2. The summed E-state index contributed by atoms with van der Waals surface area (Å²) in [6, 6.07) is 4.01. The maximum absolute atomic E-state index is 6.16. The first-order valence-corrected chi connectivity index (χ1v) is 6.29. The molecule has 0 atom stereocenters. The third kappa shape index (κ3) is 1.96. The molecule has 0 aliphatic rings. The lowest BCUT2D eigenvalue weighted by atomic mass is 10.0. The number of benzene rings is 1. The predicted octanol–water partition coefficient (Wildman–Crippen LogP) is 3.44. The summed E-state index contributed by atoms with van der Waals surface area (Å²) in [5, 5.41) is 1.14. The van der Waals surface area contributed by atoms with Crippen molar-refractivity contribution in [3.8, 4) is 5.75 Å². The molecule has 0 unspecified atom stereocenters. The van der Waals surface area contributed by atoms with Crippen LogP contribution in [-0.4, -0.2) is 12.1 Å². The van der Waals surface area contributed by atoms with Crippen molar-refractivity contribution in [2.24, 2.45) is 5.73 Å². The molecule has 0 amide bonds. The maximum atomic E-state index is 6.16. The number of fused-ring (bicyclic) bond motifs is 1. The van der Waals surface area contributed by atoms with Gasteiger partial charge in [0.15, 0.2) is 0 Å². The molecule has 17 heavy (non-hydrogen) atoms. The molecule has 3 nitrogen and oxygen atoms in total. The third-order valence-electron chi connectivity index (χ3n) is 2.93. The second kappa shape index (κ2) is 4.03. The molecule has 0 radical (unpaired) electrons. The van der Waals surface area contributed by atoms with Crippen molar-refractivity contribution in [1.82, 2.24) is 4.98 Å². The van der Waals surface area contributed by atoms with Crippen molar-refractivity contribution in [3.05, 3.63) is 27.9 Å². The Morgan fingerprint density at radius 2 is 2.00 bits per heavy atom. The van der Waals surface area contributed by atoms with E-state index in [4.69, 9.17) is 10.5 Å². The Morgan fingerprint density at radius 1 is 1.35 bits per heavy atom. The smallest absolute Gasteiger partial charge is 0.142 e. The van der Waals surface area contributed by atoms with Gasteiger partial charge in [-0.3, -0.25) is 0 Å². The van der Waals surface area contributed by atoms with Crippen molar-refractivity contribution in [3.63, 3.8) is 0 Å². The molecule has 1 heterocycles. The summed E-state index contributed by atoms with van der Waals surface area (Å²) in [4.78, 5) is 3.37. The van der Waals surface area contributed by atoms with Gasteiger partial charge in [-0.2, -0.15) is 0 Å². The average molecular weight is 297 g/mol. The van der Waals surface area contributed by atoms with Gasteiger partial charge in [-0.05, 0) is 48.3 Å². The average Bonchev–Trinajstić information content (AvgIpc) is 2.58. The standard InChI is InChI=1S/C13H17BrN2O/c1-7-5-6-8(17-4)11-9(7)10(14)12(16-11)13(2,3)15/h5-6,16H,15H2,1-4H3. The van der Waals surface area contributed by atoms with Crippen molar-refractivity contribution in [2.75, 3.05) is 7.11 Å². The van der Waals surface area contributed by atoms with Crippen LogP contribution in [0.1, 0.15) is 25.1 Å². The number of hydrogen-bond acceptors (Lipinski definition) is 2. The van der Waals surface area contributed by atoms with Crippen LogP contribution in [0.2, 0.25) is 0 Å². The molecule has 0 bridgehead atoms. The predicted molar refractivity (Wildman–Crippen MR) is 74.5 cm³/mol. The Labute approximate surface area is 109 Å². The molecule has 0 aliphatic heterocycles. The van der Waals surface area contributed by atoms with E-state index in [2.05, 4.69) is 27.8 Å². The minimum Gasteiger partial charge on any atom is -0.495 e. The van der Waals surface area contributed by atoms with Crippen molar-refractivity contribution in [2.45, 2.75) is 26.3 Å². The van der Waals surface area contributed by atoms with Gasteiger partial charge in [0.25, 0.3) is 0 Å². The van der Waals surface area contributed by atoms with E-state index in [1.807, 2.05) is 26.0 Å². The minimum absolute atomic E-state index is 0.421. The number of halogens is 1. The molecule has 2 aromatic rings. The molecule has 0 fully saturated rings. The van der Waals surface area contributed by atoms with Crippen LogP contribution in [0.3, 0.4) is 0 Å². The lowest BCUT2D eigenvalue weighted by molar-refractivity contribution is 0.418. The van der Waals surface area contributed by atoms with Crippen molar-refractivity contribution in [1.29, 1.82) is 0 Å². The summed E-state index contributed by atoms with van der Waals surface area (Å²) in [7, 11) is 1.67. The number of aromatic amines is 1. The quantitative estimate of drug-likeness (QED) is 0.892. The highest BCUT2D eigenvalue weighted by Gasteiger charge is 2.23. The van der Waals surface area contributed by atoms with Crippen LogP contribution in [0.5, 0.6) is 5.75 Å². The molecule has 0 saturated carbocycles. The number of H-pyrrole nitrogens is 1. The highest BCUT2D eigenvalue weighted by Crippen LogP contribution is 2.38. The van der Waals surface area contributed by atoms with E-state index in [9.17, 15) is 0 Å². The first-order chi connectivity index (χ1) is 7.86. The van der Waals surface area contributed by atoms with Crippen LogP contribution in [0.4, 0.5) is 0 Å². The molecule has 92 valence electrons. The fraction of sp³-hybridized carbons (Fsp3) is 0.385. The number of nitrogens with one attached hydrogen (secondary N) is 1. The molecular weight excluding hydrogens is 280 g/mol. The molecule has 2 rings (SSSR count). The Hall–Kier alpha value is -1.00. The van der Waals surface area contributed by atoms with Crippen LogP contribution < -0.4 is 10.5 Å². The van der Waals surface area contributed by atoms with E-state index in [-0.39, 0.29) is 0 Å². The van der Waals surface area contributed by atoms with Gasteiger partial charge in [0.05, 0.1) is 23.9 Å². The highest BCUT2D eigenvalue weighted by molar-refractivity contribution is 9.10. The van der Waals surface area contributed by atoms with Crippen LogP contribution in [0.15, 0.2) is 16.6 Å². The van der Waals surface area contributed by atoms with E-state index < -0.39 is 5.54 Å². The van der Waals surface area contributed by atoms with Gasteiger partial charge in [0, 0.05) is 9.86 Å². The molecule has 1 aromatic heterocycles. The molecule has 0 saturated heterocycles. The monoisotopic (exact) mass is 296 g/mol. The molecular formula is C13H17BrN2O. The van der Waals surface area contributed by atoms with E-state index in [1.54, 1.807) is 7.11 Å². The van der Waals surface area contributed by atoms with Crippen LogP contribution >= 0.6 is 15.9 Å². The van der Waals surface area contributed by atoms with Gasteiger partial charge in [-0.15, -0.1) is 0 Å². The van der Waals surface area contributed by atoms with E-state index in [1.165, 1.54) is 5.56 Å². The number of methoxy groups -OCH3 is 1. The summed E-state index contributed by atoms with van der Waals surface area (Å²) in [5.74, 6) is 0.835. The zero-order valence-electron chi connectivity index (χ0n) is 10.5. The van der Waals surface area contributed by atoms with Crippen molar-refractivity contribution >= 4 is 26.8 Å².